The quantitative estimate of drug-likeness (QED) is 0.581. The van der Waals surface area contributed by atoms with Crippen LogP contribution in [-0.4, -0.2) is 45.6 Å². The molecule has 5 nitrogen and oxygen atoms in total. The van der Waals surface area contributed by atoms with Gasteiger partial charge in [0.2, 0.25) is 0 Å². The van der Waals surface area contributed by atoms with Crippen molar-refractivity contribution in [3.05, 3.63) is 0 Å². The maximum Gasteiger partial charge on any atom is 0.0669 e. The number of rotatable bonds is 8. The van der Waals surface area contributed by atoms with Gasteiger partial charge in [-0.2, -0.15) is 0 Å². The van der Waals surface area contributed by atoms with Crippen LogP contribution in [0.25, 0.3) is 0 Å². The molecule has 0 saturated heterocycles. The van der Waals surface area contributed by atoms with E-state index in [1.807, 2.05) is 13.8 Å². The minimum atomic E-state index is 0. The molecule has 23 heavy (non-hydrogen) atoms. The molecule has 0 spiro atoms. The Morgan fingerprint density at radius 3 is 1.52 bits per heavy atom. The number of hydrogen-bond acceptors (Lipinski definition) is 5. The van der Waals surface area contributed by atoms with Crippen molar-refractivity contribution in [2.75, 3.05) is 39.5 Å². The van der Waals surface area contributed by atoms with Gasteiger partial charge in [0, 0.05) is 26.3 Å². The van der Waals surface area contributed by atoms with E-state index in [2.05, 4.69) is 20.8 Å². The fourth-order valence-electron chi connectivity index (χ4n) is 0.754. The molecule has 0 aromatic carbocycles. The van der Waals surface area contributed by atoms with Crippen LogP contribution in [0.2, 0.25) is 0 Å². The zero-order chi connectivity index (χ0) is 15.5. The molecule has 0 aliphatic rings. The van der Waals surface area contributed by atoms with Gasteiger partial charge in [0.25, 0.3) is 0 Å². The summed E-state index contributed by atoms with van der Waals surface area (Å²) in [5, 5.41) is 0. The molecule has 0 aromatic heterocycles. The molecule has 0 saturated carbocycles. The fraction of sp³-hybridized carbons (Fsp3) is 1.00. The predicted octanol–water partition coefficient (Wildman–Crippen LogP) is 3.89. The molecular formula is C18H53N3O2. The molecule has 0 rings (SSSR count). The highest BCUT2D eigenvalue weighted by atomic mass is 16.5. The molecular weight excluding hydrogens is 290 g/mol. The zero-order valence-corrected chi connectivity index (χ0v) is 13.7. The average molecular weight is 344 g/mol. The van der Waals surface area contributed by atoms with Gasteiger partial charge in [-0.3, -0.25) is 0 Å². The van der Waals surface area contributed by atoms with Crippen LogP contribution in [0, 0.1) is 5.92 Å². The smallest absolute Gasteiger partial charge is 0.0669 e. The van der Waals surface area contributed by atoms with Gasteiger partial charge >= 0.3 is 0 Å². The molecule has 0 bridgehead atoms. The maximum absolute atomic E-state index is 5.33. The second kappa shape index (κ2) is 43.1. The van der Waals surface area contributed by atoms with Crippen molar-refractivity contribution >= 4 is 0 Å². The fourth-order valence-corrected chi connectivity index (χ4v) is 0.754. The van der Waals surface area contributed by atoms with Crippen molar-refractivity contribution in [3.63, 3.8) is 0 Å². The molecule has 6 N–H and O–H groups in total. The molecule has 1 unspecified atom stereocenters. The standard InChI is InChI=1S/C7H17NO.C5H13NO.C2H7N.4CH4/c1-6(2)5-9-7(3)4-8;1-2-4-7-5-3-6;1-2-3;;;;/h6-7H,4-5,8H2,1-3H3;2-6H2,1H3;2-3H2,1H3;4*1H4. The molecule has 0 fully saturated rings. The van der Waals surface area contributed by atoms with E-state index in [1.54, 1.807) is 0 Å². The Morgan fingerprint density at radius 2 is 1.26 bits per heavy atom. The molecule has 0 aliphatic carbocycles. The lowest BCUT2D eigenvalue weighted by Crippen LogP contribution is -2.21. The van der Waals surface area contributed by atoms with Crippen molar-refractivity contribution in [3.8, 4) is 0 Å². The molecule has 0 heterocycles. The predicted molar refractivity (Wildman–Crippen MR) is 111 cm³/mol. The molecule has 0 radical (unpaired) electrons. The maximum atomic E-state index is 5.33. The Hall–Kier alpha value is -0.200. The van der Waals surface area contributed by atoms with Crippen LogP contribution in [0.5, 0.6) is 0 Å². The normalized spacial score (nSPS) is 9.26. The summed E-state index contributed by atoms with van der Waals surface area (Å²) in [7, 11) is 0. The third-order valence-electron chi connectivity index (χ3n) is 1.66. The summed E-state index contributed by atoms with van der Waals surface area (Å²) in [5.41, 5.74) is 15.3. The number of nitrogens with two attached hydrogens (primary N) is 3. The Kier molecular flexibility index (Phi) is 81.3. The Labute approximate surface area is 149 Å². The van der Waals surface area contributed by atoms with Crippen molar-refractivity contribution in [1.82, 2.24) is 0 Å². The lowest BCUT2D eigenvalue weighted by molar-refractivity contribution is 0.0531. The van der Waals surface area contributed by atoms with E-state index in [1.165, 1.54) is 0 Å². The minimum Gasteiger partial charge on any atom is -0.380 e. The Morgan fingerprint density at radius 1 is 0.826 bits per heavy atom. The lowest BCUT2D eigenvalue weighted by atomic mass is 10.2. The van der Waals surface area contributed by atoms with Crippen LogP contribution in [0.1, 0.15) is 70.7 Å². The van der Waals surface area contributed by atoms with E-state index in [0.717, 1.165) is 26.2 Å². The van der Waals surface area contributed by atoms with E-state index in [-0.39, 0.29) is 35.8 Å². The summed E-state index contributed by atoms with van der Waals surface area (Å²) in [6.07, 6.45) is 1.30. The second-order valence-corrected chi connectivity index (χ2v) is 4.58. The first kappa shape index (κ1) is 43.4. The molecule has 5 heteroatoms. The molecule has 0 aliphatic heterocycles. The summed E-state index contributed by atoms with van der Waals surface area (Å²) in [6.45, 7) is 14.6. The van der Waals surface area contributed by atoms with E-state index in [4.69, 9.17) is 26.7 Å². The van der Waals surface area contributed by atoms with E-state index in [9.17, 15) is 0 Å². The first-order valence-corrected chi connectivity index (χ1v) is 7.29. The van der Waals surface area contributed by atoms with Crippen LogP contribution in [-0.2, 0) is 9.47 Å². The second-order valence-electron chi connectivity index (χ2n) is 4.58. The SMILES string of the molecule is C.C.C.C.CC(C)COC(C)CN.CCCOCCN.CCN. The van der Waals surface area contributed by atoms with Crippen molar-refractivity contribution in [1.29, 1.82) is 0 Å². The van der Waals surface area contributed by atoms with Crippen LogP contribution in [0.15, 0.2) is 0 Å². The van der Waals surface area contributed by atoms with Gasteiger partial charge in [-0.1, -0.05) is 57.4 Å². The molecule has 152 valence electrons. The van der Waals surface area contributed by atoms with Gasteiger partial charge in [-0.15, -0.1) is 0 Å². The first-order chi connectivity index (χ1) is 8.99. The summed E-state index contributed by atoms with van der Waals surface area (Å²) in [5.74, 6) is 0.610. The third kappa shape index (κ3) is 73.3. The van der Waals surface area contributed by atoms with Gasteiger partial charge in [-0.25, -0.2) is 0 Å². The van der Waals surface area contributed by atoms with Crippen LogP contribution in [0.4, 0.5) is 0 Å². The summed E-state index contributed by atoms with van der Waals surface area (Å²) in [4.78, 5) is 0. The van der Waals surface area contributed by atoms with Crippen LogP contribution < -0.4 is 17.2 Å². The number of hydrogen-bond donors (Lipinski definition) is 3. The highest BCUT2D eigenvalue weighted by Crippen LogP contribution is 1.95. The molecule has 1 atom stereocenters. The Bertz CT molecular complexity index is 133. The van der Waals surface area contributed by atoms with Gasteiger partial charge < -0.3 is 26.7 Å². The summed E-state index contributed by atoms with van der Waals surface area (Å²) >= 11 is 0. The first-order valence-electron chi connectivity index (χ1n) is 7.29. The van der Waals surface area contributed by atoms with Gasteiger partial charge in [0.05, 0.1) is 12.7 Å². The number of ether oxygens (including phenoxy) is 2. The van der Waals surface area contributed by atoms with Crippen molar-refractivity contribution < 1.29 is 9.47 Å². The van der Waals surface area contributed by atoms with E-state index < -0.39 is 0 Å². The summed E-state index contributed by atoms with van der Waals surface area (Å²) in [6, 6.07) is 0. The largest absolute Gasteiger partial charge is 0.380 e. The van der Waals surface area contributed by atoms with E-state index in [0.29, 0.717) is 25.6 Å². The zero-order valence-electron chi connectivity index (χ0n) is 13.7. The highest BCUT2D eigenvalue weighted by Gasteiger charge is 1.99. The third-order valence-corrected chi connectivity index (χ3v) is 1.66. The van der Waals surface area contributed by atoms with Crippen molar-refractivity contribution in [2.24, 2.45) is 23.1 Å². The highest BCUT2D eigenvalue weighted by molar-refractivity contribution is 4.49. The minimum absolute atomic E-state index is 0. The Balaban J connectivity index is -0.0000000335. The van der Waals surface area contributed by atoms with Crippen LogP contribution in [0.3, 0.4) is 0 Å². The monoisotopic (exact) mass is 343 g/mol. The van der Waals surface area contributed by atoms with E-state index >= 15 is 0 Å². The average Bonchev–Trinajstić information content (AvgIpc) is 2.38. The molecule has 0 amide bonds. The summed E-state index contributed by atoms with van der Waals surface area (Å²) < 4.78 is 10.3. The van der Waals surface area contributed by atoms with Gasteiger partial charge in [0.1, 0.15) is 0 Å². The topological polar surface area (TPSA) is 96.5 Å². The lowest BCUT2D eigenvalue weighted by Gasteiger charge is -2.11. The van der Waals surface area contributed by atoms with Crippen molar-refractivity contribution in [2.45, 2.75) is 76.9 Å². The van der Waals surface area contributed by atoms with Gasteiger partial charge in [0.15, 0.2) is 0 Å². The molecule has 0 aromatic rings. The van der Waals surface area contributed by atoms with Gasteiger partial charge in [-0.05, 0) is 25.8 Å². The van der Waals surface area contributed by atoms with Crippen LogP contribution >= 0.6 is 0 Å².